The Morgan fingerprint density at radius 3 is 1.29 bits per heavy atom. The first-order valence-corrected chi connectivity index (χ1v) is 9.95. The van der Waals surface area contributed by atoms with Crippen molar-refractivity contribution in [1.82, 2.24) is 0 Å². The zero-order valence-corrected chi connectivity index (χ0v) is 14.4. The smallest absolute Gasteiger partial charge is 0.0916 e. The van der Waals surface area contributed by atoms with Gasteiger partial charge in [0.25, 0.3) is 0 Å². The van der Waals surface area contributed by atoms with Crippen LogP contribution in [-0.4, -0.2) is 34.9 Å². The molecule has 4 aliphatic rings. The lowest BCUT2D eigenvalue weighted by Gasteiger charge is -2.35. The second-order valence-electron chi connectivity index (χ2n) is 8.29. The molecule has 2 unspecified atom stereocenters. The minimum absolute atomic E-state index is 0.271. The minimum Gasteiger partial charge on any atom is -0.370 e. The van der Waals surface area contributed by atoms with Gasteiger partial charge >= 0.3 is 0 Å². The van der Waals surface area contributed by atoms with Crippen molar-refractivity contribution in [1.29, 1.82) is 0 Å². The Balaban J connectivity index is 1.19. The molecule has 2 nitrogen and oxygen atoms in total. The molecule has 2 saturated heterocycles. The van der Waals surface area contributed by atoms with E-state index in [4.69, 9.17) is 9.47 Å². The van der Waals surface area contributed by atoms with E-state index >= 15 is 0 Å². The molecule has 4 fully saturated rings. The van der Waals surface area contributed by atoms with Gasteiger partial charge in [0.15, 0.2) is 0 Å². The Kier molecular flexibility index (Phi) is 3.83. The molecule has 21 heavy (non-hydrogen) atoms. The van der Waals surface area contributed by atoms with Crippen molar-refractivity contribution in [3.8, 4) is 0 Å². The summed E-state index contributed by atoms with van der Waals surface area (Å²) in [6.45, 7) is 6.65. The van der Waals surface area contributed by atoms with E-state index in [2.05, 4.69) is 25.6 Å². The average molecular weight is 311 g/mol. The van der Waals surface area contributed by atoms with Gasteiger partial charge < -0.3 is 9.47 Å². The van der Waals surface area contributed by atoms with Crippen LogP contribution in [0.4, 0.5) is 0 Å². The summed E-state index contributed by atoms with van der Waals surface area (Å²) in [5, 5.41) is 1.86. The Morgan fingerprint density at radius 1 is 0.667 bits per heavy atom. The van der Waals surface area contributed by atoms with Crippen LogP contribution < -0.4 is 0 Å². The standard InChI is InChI=1S/C18H30O2S/c1-17(11-19-17)13-3-7-15(8-4-13)21-16-9-5-14(6-10-16)18(2)12-20-18/h13-16H,3-12H2,1-2H3. The van der Waals surface area contributed by atoms with Gasteiger partial charge in [-0.3, -0.25) is 0 Å². The average Bonchev–Trinajstić information content (AvgIpc) is 3.41. The fourth-order valence-corrected chi connectivity index (χ4v) is 6.22. The molecule has 0 aromatic rings. The van der Waals surface area contributed by atoms with E-state index in [1.165, 1.54) is 51.4 Å². The van der Waals surface area contributed by atoms with Gasteiger partial charge in [0.2, 0.25) is 0 Å². The zero-order valence-electron chi connectivity index (χ0n) is 13.6. The summed E-state index contributed by atoms with van der Waals surface area (Å²) in [6.07, 6.45) is 11.3. The fraction of sp³-hybridized carbons (Fsp3) is 1.00. The Morgan fingerprint density at radius 2 is 1.00 bits per heavy atom. The molecule has 0 aromatic heterocycles. The van der Waals surface area contributed by atoms with Gasteiger partial charge in [0.1, 0.15) is 0 Å². The number of hydrogen-bond acceptors (Lipinski definition) is 3. The van der Waals surface area contributed by atoms with Crippen LogP contribution in [0.25, 0.3) is 0 Å². The maximum atomic E-state index is 5.65. The maximum absolute atomic E-state index is 5.65. The maximum Gasteiger partial charge on any atom is 0.0916 e. The molecule has 0 radical (unpaired) electrons. The fourth-order valence-electron chi connectivity index (χ4n) is 4.59. The number of epoxide rings is 2. The van der Waals surface area contributed by atoms with Crippen LogP contribution in [0.5, 0.6) is 0 Å². The van der Waals surface area contributed by atoms with Gasteiger partial charge in [-0.15, -0.1) is 0 Å². The van der Waals surface area contributed by atoms with Gasteiger partial charge in [0, 0.05) is 10.5 Å². The highest BCUT2D eigenvalue weighted by Crippen LogP contribution is 2.48. The van der Waals surface area contributed by atoms with Crippen molar-refractivity contribution >= 4 is 11.8 Å². The highest BCUT2D eigenvalue weighted by Gasteiger charge is 2.49. The van der Waals surface area contributed by atoms with Gasteiger partial charge in [-0.25, -0.2) is 0 Å². The molecular weight excluding hydrogens is 280 g/mol. The predicted octanol–water partition coefficient (Wildman–Crippen LogP) is 4.42. The third kappa shape index (κ3) is 3.16. The lowest BCUT2D eigenvalue weighted by molar-refractivity contribution is 0.188. The summed E-state index contributed by atoms with van der Waals surface area (Å²) in [6, 6.07) is 0. The molecule has 2 saturated carbocycles. The number of ether oxygens (including phenoxy) is 2. The zero-order chi connectivity index (χ0) is 14.5. The SMILES string of the molecule is CC1(C2CCC(SC3CCC(C4(C)CO4)CC3)CC2)CO1. The highest BCUT2D eigenvalue weighted by molar-refractivity contribution is 8.00. The first-order valence-electron chi connectivity index (χ1n) is 9.01. The molecule has 0 N–H and O–H groups in total. The third-order valence-electron chi connectivity index (χ3n) is 6.66. The molecule has 2 aliphatic carbocycles. The first-order chi connectivity index (χ1) is 10.1. The predicted molar refractivity (Wildman–Crippen MR) is 87.8 cm³/mol. The van der Waals surface area contributed by atoms with Crippen molar-refractivity contribution in [2.75, 3.05) is 13.2 Å². The number of rotatable bonds is 4. The van der Waals surface area contributed by atoms with Gasteiger partial charge in [0.05, 0.1) is 24.4 Å². The van der Waals surface area contributed by atoms with Crippen molar-refractivity contribution in [3.05, 3.63) is 0 Å². The van der Waals surface area contributed by atoms with Crippen LogP contribution in [0, 0.1) is 11.8 Å². The van der Waals surface area contributed by atoms with Crippen LogP contribution in [0.15, 0.2) is 0 Å². The van der Waals surface area contributed by atoms with E-state index in [-0.39, 0.29) is 11.2 Å². The summed E-state index contributed by atoms with van der Waals surface area (Å²) >= 11 is 2.33. The summed E-state index contributed by atoms with van der Waals surface area (Å²) < 4.78 is 11.3. The van der Waals surface area contributed by atoms with Gasteiger partial charge in [-0.1, -0.05) is 0 Å². The number of thioether (sulfide) groups is 1. The lowest BCUT2D eigenvalue weighted by Crippen LogP contribution is -2.30. The van der Waals surface area contributed by atoms with Crippen molar-refractivity contribution < 1.29 is 9.47 Å². The van der Waals surface area contributed by atoms with Gasteiger partial charge in [-0.05, 0) is 77.0 Å². The highest BCUT2D eigenvalue weighted by atomic mass is 32.2. The second-order valence-corrected chi connectivity index (χ2v) is 9.89. The molecule has 120 valence electrons. The van der Waals surface area contributed by atoms with Crippen LogP contribution in [0.2, 0.25) is 0 Å². The van der Waals surface area contributed by atoms with E-state index in [1.807, 2.05) is 0 Å². The van der Waals surface area contributed by atoms with E-state index in [9.17, 15) is 0 Å². The Labute approximate surface area is 133 Å². The Hall–Kier alpha value is 0.270. The van der Waals surface area contributed by atoms with E-state index in [0.29, 0.717) is 0 Å². The third-order valence-corrected chi connectivity index (χ3v) is 8.37. The quantitative estimate of drug-likeness (QED) is 0.719. The second kappa shape index (κ2) is 5.42. The Bertz CT molecular complexity index is 337. The summed E-state index contributed by atoms with van der Waals surface area (Å²) in [7, 11) is 0. The van der Waals surface area contributed by atoms with Crippen molar-refractivity contribution in [2.45, 2.75) is 86.9 Å². The summed E-state index contributed by atoms with van der Waals surface area (Å²) in [5.74, 6) is 1.69. The number of hydrogen-bond donors (Lipinski definition) is 0. The normalized spacial score (nSPS) is 53.4. The minimum atomic E-state index is 0.271. The molecule has 4 rings (SSSR count). The van der Waals surface area contributed by atoms with E-state index in [0.717, 1.165) is 35.5 Å². The molecule has 2 atom stereocenters. The molecule has 0 spiro atoms. The topological polar surface area (TPSA) is 25.1 Å². The van der Waals surface area contributed by atoms with Crippen molar-refractivity contribution in [3.63, 3.8) is 0 Å². The van der Waals surface area contributed by atoms with Crippen molar-refractivity contribution in [2.24, 2.45) is 11.8 Å². The lowest BCUT2D eigenvalue weighted by atomic mass is 9.80. The molecular formula is C18H30O2S. The van der Waals surface area contributed by atoms with Gasteiger partial charge in [-0.2, -0.15) is 11.8 Å². The van der Waals surface area contributed by atoms with E-state index in [1.54, 1.807) is 0 Å². The molecule has 3 heteroatoms. The molecule has 2 heterocycles. The van der Waals surface area contributed by atoms with E-state index < -0.39 is 0 Å². The van der Waals surface area contributed by atoms with Crippen LogP contribution in [0.3, 0.4) is 0 Å². The molecule has 0 bridgehead atoms. The summed E-state index contributed by atoms with van der Waals surface area (Å²) in [5.41, 5.74) is 0.542. The first kappa shape index (κ1) is 14.8. The molecule has 2 aliphatic heterocycles. The molecule has 0 amide bonds. The molecule has 0 aromatic carbocycles. The van der Waals surface area contributed by atoms with Crippen LogP contribution >= 0.6 is 11.8 Å². The van der Waals surface area contributed by atoms with Crippen LogP contribution in [0.1, 0.15) is 65.2 Å². The largest absolute Gasteiger partial charge is 0.370 e. The summed E-state index contributed by atoms with van der Waals surface area (Å²) in [4.78, 5) is 0. The van der Waals surface area contributed by atoms with Crippen LogP contribution in [-0.2, 0) is 9.47 Å². The monoisotopic (exact) mass is 310 g/mol.